The fourth-order valence-electron chi connectivity index (χ4n) is 3.37. The normalized spacial score (nSPS) is 12.5. The van der Waals surface area contributed by atoms with Crippen molar-refractivity contribution in [3.63, 3.8) is 0 Å². The third-order valence-electron chi connectivity index (χ3n) is 5.02. The maximum absolute atomic E-state index is 6.18. The number of aromatic nitrogens is 4. The first-order valence-corrected chi connectivity index (χ1v) is 9.45. The van der Waals surface area contributed by atoms with E-state index in [-0.39, 0.29) is 0 Å². The Morgan fingerprint density at radius 2 is 1.87 bits per heavy atom. The minimum absolute atomic E-state index is 0.363. The van der Waals surface area contributed by atoms with Crippen LogP contribution in [0.5, 0.6) is 17.2 Å². The van der Waals surface area contributed by atoms with Gasteiger partial charge >= 0.3 is 0 Å². The van der Waals surface area contributed by atoms with Crippen molar-refractivity contribution in [1.29, 1.82) is 0 Å². The van der Waals surface area contributed by atoms with Gasteiger partial charge in [0.2, 0.25) is 0 Å². The van der Waals surface area contributed by atoms with E-state index in [1.165, 1.54) is 6.33 Å². The predicted octanol–water partition coefficient (Wildman–Crippen LogP) is 4.44. The number of hydrogen-bond acceptors (Lipinski definition) is 6. The van der Waals surface area contributed by atoms with Crippen LogP contribution >= 0.6 is 0 Å². The van der Waals surface area contributed by atoms with E-state index in [2.05, 4.69) is 10.1 Å². The molecule has 7 nitrogen and oxygen atoms in total. The molecule has 5 rings (SSSR count). The zero-order valence-electron chi connectivity index (χ0n) is 16.5. The van der Waals surface area contributed by atoms with Crippen LogP contribution in [0.2, 0.25) is 0 Å². The Hall–Kier alpha value is -4.13. The van der Waals surface area contributed by atoms with Crippen molar-refractivity contribution in [2.75, 3.05) is 12.8 Å². The number of allylic oxidation sites excluding steroid dienone is 4. The topological polar surface area (TPSA) is 87.6 Å². The lowest BCUT2D eigenvalue weighted by Crippen LogP contribution is -2.02. The van der Waals surface area contributed by atoms with Gasteiger partial charge in [-0.15, -0.1) is 0 Å². The minimum atomic E-state index is 0.363. The van der Waals surface area contributed by atoms with Crippen molar-refractivity contribution in [3.8, 4) is 28.5 Å². The first-order valence-electron chi connectivity index (χ1n) is 9.45. The summed E-state index contributed by atoms with van der Waals surface area (Å²) in [6.45, 7) is 2.00. The molecule has 0 unspecified atom stereocenters. The van der Waals surface area contributed by atoms with Crippen LogP contribution in [0.25, 0.3) is 22.3 Å². The molecule has 0 amide bonds. The van der Waals surface area contributed by atoms with Gasteiger partial charge in [-0.3, -0.25) is 0 Å². The van der Waals surface area contributed by atoms with Gasteiger partial charge in [0, 0.05) is 11.1 Å². The number of nitrogens with zero attached hydrogens (tertiary/aromatic N) is 4. The molecule has 4 aromatic rings. The van der Waals surface area contributed by atoms with Gasteiger partial charge in [-0.1, -0.05) is 36.4 Å². The van der Waals surface area contributed by atoms with Crippen molar-refractivity contribution in [3.05, 3.63) is 78.4 Å². The molecule has 1 aliphatic carbocycles. The van der Waals surface area contributed by atoms with E-state index in [9.17, 15) is 0 Å². The quantitative estimate of drug-likeness (QED) is 0.536. The fourth-order valence-corrected chi connectivity index (χ4v) is 3.37. The number of rotatable bonds is 5. The average Bonchev–Trinajstić information content (AvgIpc) is 3.09. The van der Waals surface area contributed by atoms with Crippen LogP contribution < -0.4 is 15.2 Å². The summed E-state index contributed by atoms with van der Waals surface area (Å²) < 4.78 is 13.4. The summed E-state index contributed by atoms with van der Waals surface area (Å²) >= 11 is 0. The van der Waals surface area contributed by atoms with Gasteiger partial charge < -0.3 is 15.2 Å². The van der Waals surface area contributed by atoms with Crippen LogP contribution in [0.1, 0.15) is 11.4 Å². The van der Waals surface area contributed by atoms with Crippen molar-refractivity contribution >= 4 is 16.9 Å². The average molecular weight is 397 g/mol. The fraction of sp³-hybridized carbons (Fsp3) is 0.0870. The second kappa shape index (κ2) is 7.04. The Bertz CT molecular complexity index is 1340. The van der Waals surface area contributed by atoms with Crippen LogP contribution in [0, 0.1) is 6.92 Å². The molecule has 0 saturated carbocycles. The molecule has 2 N–H and O–H groups in total. The molecule has 148 valence electrons. The molecule has 30 heavy (non-hydrogen) atoms. The molecule has 0 aliphatic heterocycles. The summed E-state index contributed by atoms with van der Waals surface area (Å²) in [7, 11) is 1.61. The Morgan fingerprint density at radius 1 is 1.03 bits per heavy atom. The van der Waals surface area contributed by atoms with Crippen LogP contribution in [-0.2, 0) is 0 Å². The second-order valence-corrected chi connectivity index (χ2v) is 6.90. The molecule has 2 aromatic heterocycles. The molecular formula is C23H19N5O2. The van der Waals surface area contributed by atoms with Crippen molar-refractivity contribution < 1.29 is 9.47 Å². The highest BCUT2D eigenvalue weighted by atomic mass is 16.5. The van der Waals surface area contributed by atoms with E-state index >= 15 is 0 Å². The molecule has 0 bridgehead atoms. The largest absolute Gasteiger partial charge is 0.493 e. The summed E-state index contributed by atoms with van der Waals surface area (Å²) in [4.78, 5) is 8.96. The summed E-state index contributed by atoms with van der Waals surface area (Å²) in [5.74, 6) is 3.07. The standard InChI is InChI=1S/C23H19N5O2/c1-14-6-3-4-9-17(14)30-18-11-10-16(12-19(18)29-2)20-21-22(24)25-13-26-28(21)23(27-20)15-7-5-8-15/h3-13H,1-2H3,(H2,24,25,26). The smallest absolute Gasteiger partial charge is 0.169 e. The van der Waals surface area contributed by atoms with Crippen molar-refractivity contribution in [2.45, 2.75) is 6.92 Å². The van der Waals surface area contributed by atoms with E-state index in [0.717, 1.165) is 28.3 Å². The molecule has 7 heteroatoms. The first kappa shape index (κ1) is 17.9. The lowest BCUT2D eigenvalue weighted by Gasteiger charge is -2.13. The number of hydrogen-bond donors (Lipinski definition) is 1. The summed E-state index contributed by atoms with van der Waals surface area (Å²) in [6, 6.07) is 13.5. The number of anilines is 1. The number of aryl methyl sites for hydroxylation is 1. The van der Waals surface area contributed by atoms with Crippen LogP contribution in [0.4, 0.5) is 5.82 Å². The zero-order valence-corrected chi connectivity index (χ0v) is 16.5. The molecule has 0 saturated heterocycles. The molecule has 0 radical (unpaired) electrons. The van der Waals surface area contributed by atoms with E-state index in [0.29, 0.717) is 28.5 Å². The Morgan fingerprint density at radius 3 is 2.60 bits per heavy atom. The number of imidazole rings is 1. The number of ether oxygens (including phenoxy) is 2. The van der Waals surface area contributed by atoms with Crippen molar-refractivity contribution in [1.82, 2.24) is 19.6 Å². The molecule has 2 aromatic carbocycles. The second-order valence-electron chi connectivity index (χ2n) is 6.90. The van der Waals surface area contributed by atoms with Gasteiger partial charge in [-0.05, 0) is 36.8 Å². The maximum atomic E-state index is 6.18. The van der Waals surface area contributed by atoms with Gasteiger partial charge in [-0.25, -0.2) is 14.5 Å². The molecule has 0 fully saturated rings. The van der Waals surface area contributed by atoms with Crippen LogP contribution in [0.3, 0.4) is 0 Å². The van der Waals surface area contributed by atoms with Gasteiger partial charge in [0.15, 0.2) is 23.1 Å². The SMILES string of the molecule is COc1cc(-c2nc(C3=CC=C3)n3ncnc(N)c23)ccc1Oc1ccccc1C. The monoisotopic (exact) mass is 397 g/mol. The summed E-state index contributed by atoms with van der Waals surface area (Å²) in [5, 5.41) is 4.35. The Kier molecular flexibility index (Phi) is 4.21. The van der Waals surface area contributed by atoms with Gasteiger partial charge in [0.1, 0.15) is 23.3 Å². The third kappa shape index (κ3) is 2.88. The maximum Gasteiger partial charge on any atom is 0.169 e. The van der Waals surface area contributed by atoms with Gasteiger partial charge in [0.05, 0.1) is 7.11 Å². The zero-order chi connectivity index (χ0) is 20.7. The van der Waals surface area contributed by atoms with Crippen molar-refractivity contribution in [2.24, 2.45) is 0 Å². The molecule has 2 heterocycles. The number of nitrogens with two attached hydrogens (primary N) is 1. The Balaban J connectivity index is 1.61. The number of benzene rings is 2. The highest BCUT2D eigenvalue weighted by Crippen LogP contribution is 2.38. The van der Waals surface area contributed by atoms with E-state index in [1.807, 2.05) is 67.6 Å². The Labute approximate surface area is 173 Å². The van der Waals surface area contributed by atoms with Crippen LogP contribution in [0.15, 0.2) is 67.0 Å². The predicted molar refractivity (Wildman–Crippen MR) is 116 cm³/mol. The van der Waals surface area contributed by atoms with E-state index in [4.69, 9.17) is 20.2 Å². The highest BCUT2D eigenvalue weighted by molar-refractivity contribution is 5.89. The van der Waals surface area contributed by atoms with Gasteiger partial charge in [0.25, 0.3) is 0 Å². The number of nitrogen functional groups attached to an aromatic ring is 1. The molecular weight excluding hydrogens is 378 g/mol. The van der Waals surface area contributed by atoms with E-state index < -0.39 is 0 Å². The minimum Gasteiger partial charge on any atom is -0.493 e. The number of methoxy groups -OCH3 is 1. The summed E-state index contributed by atoms with van der Waals surface area (Å²) in [5.41, 5.74) is 10.4. The molecule has 0 spiro atoms. The van der Waals surface area contributed by atoms with Crippen LogP contribution in [-0.4, -0.2) is 26.7 Å². The van der Waals surface area contributed by atoms with Gasteiger partial charge in [-0.2, -0.15) is 5.10 Å². The third-order valence-corrected chi connectivity index (χ3v) is 5.02. The molecule has 1 aliphatic rings. The van der Waals surface area contributed by atoms with E-state index in [1.54, 1.807) is 11.6 Å². The summed E-state index contributed by atoms with van der Waals surface area (Å²) in [6.07, 6.45) is 7.36. The number of fused-ring (bicyclic) bond motifs is 1. The molecule has 0 atom stereocenters. The lowest BCUT2D eigenvalue weighted by molar-refractivity contribution is 0.378. The highest BCUT2D eigenvalue weighted by Gasteiger charge is 2.21. The lowest BCUT2D eigenvalue weighted by atomic mass is 10.1. The first-order chi connectivity index (χ1) is 14.7. The number of para-hydroxylation sites is 1.